The first-order chi connectivity index (χ1) is 12.0. The molecule has 1 amide bonds. The summed E-state index contributed by atoms with van der Waals surface area (Å²) in [6.07, 6.45) is 4.27. The van der Waals surface area contributed by atoms with Crippen molar-refractivity contribution in [3.05, 3.63) is 52.8 Å². The average Bonchev–Trinajstić information content (AvgIpc) is 3.15. The summed E-state index contributed by atoms with van der Waals surface area (Å²) in [5.41, 5.74) is 3.79. The number of methoxy groups -OCH3 is 1. The highest BCUT2D eigenvalue weighted by atomic mass is 16.5. The van der Waals surface area contributed by atoms with Crippen LogP contribution in [0.3, 0.4) is 0 Å². The Bertz CT molecular complexity index is 728. The van der Waals surface area contributed by atoms with Crippen LogP contribution in [0.1, 0.15) is 53.0 Å². The van der Waals surface area contributed by atoms with Gasteiger partial charge in [-0.25, -0.2) is 0 Å². The quantitative estimate of drug-likeness (QED) is 0.877. The second-order valence-electron chi connectivity index (χ2n) is 7.16. The van der Waals surface area contributed by atoms with E-state index in [4.69, 9.17) is 4.74 Å². The minimum Gasteiger partial charge on any atom is -0.382 e. The molecule has 1 aliphatic rings. The lowest BCUT2D eigenvalue weighted by molar-refractivity contribution is 0.0767. The number of ether oxygens (including phenoxy) is 1. The van der Waals surface area contributed by atoms with E-state index in [2.05, 4.69) is 23.4 Å². The molecule has 25 heavy (non-hydrogen) atoms. The van der Waals surface area contributed by atoms with Crippen molar-refractivity contribution in [2.24, 2.45) is 0 Å². The molecule has 0 radical (unpaired) electrons. The molecule has 0 aliphatic heterocycles. The van der Waals surface area contributed by atoms with E-state index >= 15 is 0 Å². The monoisotopic (exact) mass is 341 g/mol. The molecule has 0 spiro atoms. The fraction of sp³-hybridized carbons (Fsp3) is 0.500. The van der Waals surface area contributed by atoms with E-state index in [-0.39, 0.29) is 11.4 Å². The Hall–Kier alpha value is -2.14. The average molecular weight is 341 g/mol. The van der Waals surface area contributed by atoms with Gasteiger partial charge in [-0.2, -0.15) is 5.10 Å². The summed E-state index contributed by atoms with van der Waals surface area (Å²) in [5, 5.41) is 7.69. The van der Waals surface area contributed by atoms with Crippen LogP contribution in [-0.2, 0) is 11.3 Å². The maximum atomic E-state index is 12.6. The summed E-state index contributed by atoms with van der Waals surface area (Å²) in [7, 11) is 1.69. The molecule has 5 nitrogen and oxygen atoms in total. The second-order valence-corrected chi connectivity index (χ2v) is 7.16. The van der Waals surface area contributed by atoms with Crippen LogP contribution in [0.2, 0.25) is 0 Å². The van der Waals surface area contributed by atoms with Crippen LogP contribution in [0.4, 0.5) is 0 Å². The molecule has 5 heteroatoms. The van der Waals surface area contributed by atoms with Crippen molar-refractivity contribution in [1.82, 2.24) is 15.1 Å². The van der Waals surface area contributed by atoms with Gasteiger partial charge in [-0.3, -0.25) is 9.48 Å². The zero-order chi connectivity index (χ0) is 17.9. The van der Waals surface area contributed by atoms with Crippen LogP contribution in [0, 0.1) is 13.8 Å². The standard InChI is InChI=1S/C20H27N3O2/c1-15-12-16(2)23(22-15)13-17-6-8-18(9-7-17)19(24)21-20(14-25-3)10-4-5-11-20/h6-9,12H,4-5,10-11,13-14H2,1-3H3,(H,21,24). The number of hydrogen-bond acceptors (Lipinski definition) is 3. The second kappa shape index (κ2) is 7.40. The molecule has 134 valence electrons. The molecule has 1 heterocycles. The lowest BCUT2D eigenvalue weighted by Gasteiger charge is -2.29. The summed E-state index contributed by atoms with van der Waals surface area (Å²) in [5.74, 6) is -0.0170. The fourth-order valence-electron chi connectivity index (χ4n) is 3.72. The van der Waals surface area contributed by atoms with Gasteiger partial charge in [-0.05, 0) is 50.5 Å². The van der Waals surface area contributed by atoms with Gasteiger partial charge in [0.1, 0.15) is 0 Å². The first-order valence-electron chi connectivity index (χ1n) is 8.93. The summed E-state index contributed by atoms with van der Waals surface area (Å²) < 4.78 is 7.32. The zero-order valence-electron chi connectivity index (χ0n) is 15.3. The van der Waals surface area contributed by atoms with Crippen molar-refractivity contribution >= 4 is 5.91 Å². The molecule has 1 N–H and O–H groups in total. The van der Waals surface area contributed by atoms with Crippen LogP contribution in [0.15, 0.2) is 30.3 Å². The number of nitrogens with zero attached hydrogens (tertiary/aromatic N) is 2. The van der Waals surface area contributed by atoms with Crippen molar-refractivity contribution in [2.75, 3.05) is 13.7 Å². The van der Waals surface area contributed by atoms with Gasteiger partial charge in [-0.15, -0.1) is 0 Å². The number of aromatic nitrogens is 2. The Morgan fingerprint density at radius 2 is 1.92 bits per heavy atom. The summed E-state index contributed by atoms with van der Waals surface area (Å²) in [6, 6.07) is 9.86. The van der Waals surface area contributed by atoms with E-state index in [9.17, 15) is 4.79 Å². The van der Waals surface area contributed by atoms with E-state index in [1.54, 1.807) is 7.11 Å². The number of aryl methyl sites for hydroxylation is 2. The third-order valence-corrected chi connectivity index (χ3v) is 5.01. The molecule has 1 aliphatic carbocycles. The normalized spacial score (nSPS) is 16.1. The number of hydrogen-bond donors (Lipinski definition) is 1. The van der Waals surface area contributed by atoms with Gasteiger partial charge < -0.3 is 10.1 Å². The van der Waals surface area contributed by atoms with Crippen molar-refractivity contribution in [1.29, 1.82) is 0 Å². The maximum Gasteiger partial charge on any atom is 0.251 e. The van der Waals surface area contributed by atoms with E-state index in [1.807, 2.05) is 35.9 Å². The number of amides is 1. The van der Waals surface area contributed by atoms with Gasteiger partial charge in [0.15, 0.2) is 0 Å². The van der Waals surface area contributed by atoms with Gasteiger partial charge in [0.2, 0.25) is 0 Å². The van der Waals surface area contributed by atoms with Gasteiger partial charge >= 0.3 is 0 Å². The van der Waals surface area contributed by atoms with Gasteiger partial charge in [0, 0.05) is 18.4 Å². The molecule has 1 aromatic heterocycles. The molecule has 2 aromatic rings. The zero-order valence-corrected chi connectivity index (χ0v) is 15.3. The molecule has 0 saturated heterocycles. The Morgan fingerprint density at radius 1 is 1.24 bits per heavy atom. The topological polar surface area (TPSA) is 56.1 Å². The molecule has 3 rings (SSSR count). The highest BCUT2D eigenvalue weighted by molar-refractivity contribution is 5.94. The molecular formula is C20H27N3O2. The van der Waals surface area contributed by atoms with E-state index in [0.717, 1.165) is 49.2 Å². The summed E-state index contributed by atoms with van der Waals surface area (Å²) in [6.45, 7) is 5.35. The first-order valence-corrected chi connectivity index (χ1v) is 8.93. The highest BCUT2D eigenvalue weighted by Crippen LogP contribution is 2.30. The minimum atomic E-state index is -0.200. The SMILES string of the molecule is COCC1(NC(=O)c2ccc(Cn3nc(C)cc3C)cc2)CCCC1. The third kappa shape index (κ3) is 4.10. The predicted octanol–water partition coefficient (Wildman–Crippen LogP) is 3.24. The number of carbonyl (C=O) groups is 1. The number of nitrogens with one attached hydrogen (secondary N) is 1. The first kappa shape index (κ1) is 17.7. The minimum absolute atomic E-state index is 0.0170. The number of benzene rings is 1. The lowest BCUT2D eigenvalue weighted by atomic mass is 9.98. The Kier molecular flexibility index (Phi) is 5.23. The maximum absolute atomic E-state index is 12.6. The fourth-order valence-corrected chi connectivity index (χ4v) is 3.72. The van der Waals surface area contributed by atoms with Crippen molar-refractivity contribution in [3.8, 4) is 0 Å². The van der Waals surface area contributed by atoms with E-state index in [1.165, 1.54) is 0 Å². The molecule has 1 aromatic carbocycles. The van der Waals surface area contributed by atoms with Crippen molar-refractivity contribution < 1.29 is 9.53 Å². The number of carbonyl (C=O) groups excluding carboxylic acids is 1. The van der Waals surface area contributed by atoms with Crippen LogP contribution >= 0.6 is 0 Å². The van der Waals surface area contributed by atoms with Crippen molar-refractivity contribution in [2.45, 2.75) is 51.6 Å². The smallest absolute Gasteiger partial charge is 0.251 e. The Balaban J connectivity index is 1.67. The lowest BCUT2D eigenvalue weighted by Crippen LogP contribution is -2.49. The largest absolute Gasteiger partial charge is 0.382 e. The number of rotatable bonds is 6. The summed E-state index contributed by atoms with van der Waals surface area (Å²) >= 11 is 0. The van der Waals surface area contributed by atoms with Gasteiger partial charge in [0.25, 0.3) is 5.91 Å². The van der Waals surface area contributed by atoms with E-state index in [0.29, 0.717) is 12.2 Å². The molecule has 1 saturated carbocycles. The van der Waals surface area contributed by atoms with Gasteiger partial charge in [0.05, 0.1) is 24.4 Å². The van der Waals surface area contributed by atoms with Gasteiger partial charge in [-0.1, -0.05) is 25.0 Å². The molecule has 1 fully saturated rings. The third-order valence-electron chi connectivity index (χ3n) is 5.01. The molecular weight excluding hydrogens is 314 g/mol. The predicted molar refractivity (Wildman–Crippen MR) is 97.8 cm³/mol. The van der Waals surface area contributed by atoms with Crippen LogP contribution < -0.4 is 5.32 Å². The highest BCUT2D eigenvalue weighted by Gasteiger charge is 2.35. The molecule has 0 bridgehead atoms. The molecule has 0 atom stereocenters. The van der Waals surface area contributed by atoms with Crippen LogP contribution in [0.5, 0.6) is 0 Å². The Morgan fingerprint density at radius 3 is 2.48 bits per heavy atom. The Labute approximate surface area is 149 Å². The van der Waals surface area contributed by atoms with E-state index < -0.39 is 0 Å². The van der Waals surface area contributed by atoms with Crippen molar-refractivity contribution in [3.63, 3.8) is 0 Å². The molecule has 0 unspecified atom stereocenters. The van der Waals surface area contributed by atoms with Crippen LogP contribution in [0.25, 0.3) is 0 Å². The summed E-state index contributed by atoms with van der Waals surface area (Å²) in [4.78, 5) is 12.6. The van der Waals surface area contributed by atoms with Crippen LogP contribution in [-0.4, -0.2) is 34.9 Å².